The van der Waals surface area contributed by atoms with Crippen molar-refractivity contribution in [3.63, 3.8) is 0 Å². The number of hydrogen-bond acceptors (Lipinski definition) is 10. The third-order valence-corrected chi connectivity index (χ3v) is 10.0. The molecule has 0 aliphatic carbocycles. The second-order valence-electron chi connectivity index (χ2n) is 19.5. The molecule has 6 atom stereocenters. The summed E-state index contributed by atoms with van der Waals surface area (Å²) < 4.78 is 30.3. The quantitative estimate of drug-likeness (QED) is 0.157. The standard InChI is InChI=1S/C48H63N3O10/c1-44(2,3)59-41(54)49-33-26-24-30(25-27-33)36(38(53)37-40(32-22-18-15-19-23-32)58-48(12,13)51(37)43(56)61-46(7,8)9)35(52)29-28-34-39(31-20-16-14-17-21-31)57-47(10,11)50(34)42(55)60-45(4,5)6/h14-29,34,36-40,53H,1-13H3,(H,49,54). The highest BCUT2D eigenvalue weighted by atomic mass is 16.6. The van der Waals surface area contributed by atoms with Gasteiger partial charge in [-0.3, -0.25) is 19.9 Å². The third kappa shape index (κ3) is 11.6. The summed E-state index contributed by atoms with van der Waals surface area (Å²) in [5.41, 5.74) is -2.68. The topological polar surface area (TPSA) is 153 Å². The van der Waals surface area contributed by atoms with Gasteiger partial charge >= 0.3 is 18.3 Å². The average molecular weight is 842 g/mol. The summed E-state index contributed by atoms with van der Waals surface area (Å²) in [5, 5.41) is 15.6. The van der Waals surface area contributed by atoms with Crippen molar-refractivity contribution in [2.75, 3.05) is 5.32 Å². The highest BCUT2D eigenvalue weighted by molar-refractivity contribution is 5.96. The van der Waals surface area contributed by atoms with E-state index in [1.807, 2.05) is 60.7 Å². The summed E-state index contributed by atoms with van der Waals surface area (Å²) in [4.78, 5) is 58.6. The molecule has 0 spiro atoms. The van der Waals surface area contributed by atoms with E-state index in [0.29, 0.717) is 16.8 Å². The number of amides is 3. The number of rotatable bonds is 9. The minimum Gasteiger partial charge on any atom is -0.444 e. The lowest BCUT2D eigenvalue weighted by Crippen LogP contribution is -2.55. The number of carbonyl (C=O) groups is 4. The molecule has 2 N–H and O–H groups in total. The van der Waals surface area contributed by atoms with Crippen LogP contribution in [-0.2, 0) is 28.5 Å². The molecule has 3 aromatic carbocycles. The molecule has 5 rings (SSSR count). The van der Waals surface area contributed by atoms with Gasteiger partial charge in [-0.1, -0.05) is 78.9 Å². The Kier molecular flexibility index (Phi) is 13.5. The van der Waals surface area contributed by atoms with Gasteiger partial charge < -0.3 is 28.8 Å². The van der Waals surface area contributed by atoms with Gasteiger partial charge in [0, 0.05) is 5.69 Å². The SMILES string of the molecule is CC(C)(C)OC(=O)Nc1ccc(C(C(=O)C=CC2C(c3ccccc3)OC(C)(C)N2C(=O)OC(C)(C)C)C(O)C2C(c3ccccc3)OC(C)(C)N2C(=O)OC(C)(C)C)cc1. The minimum absolute atomic E-state index is 0.379. The monoisotopic (exact) mass is 841 g/mol. The first kappa shape index (κ1) is 46.8. The fraction of sp³-hybridized carbons (Fsp3) is 0.500. The van der Waals surface area contributed by atoms with Gasteiger partial charge in [0.2, 0.25) is 0 Å². The maximum absolute atomic E-state index is 15.1. The first-order valence-electron chi connectivity index (χ1n) is 20.7. The van der Waals surface area contributed by atoms with Crippen molar-refractivity contribution in [3.8, 4) is 0 Å². The van der Waals surface area contributed by atoms with Gasteiger partial charge in [0.05, 0.1) is 24.1 Å². The van der Waals surface area contributed by atoms with E-state index in [1.165, 1.54) is 15.9 Å². The Morgan fingerprint density at radius 1 is 0.656 bits per heavy atom. The Balaban J connectivity index is 1.64. The fourth-order valence-electron chi connectivity index (χ4n) is 7.72. The molecule has 0 aromatic heterocycles. The molecule has 0 radical (unpaired) electrons. The largest absolute Gasteiger partial charge is 0.444 e. The van der Waals surface area contributed by atoms with Crippen LogP contribution in [0.3, 0.4) is 0 Å². The Bertz CT molecular complexity index is 2050. The Labute approximate surface area is 360 Å². The number of ether oxygens (including phenoxy) is 5. The lowest BCUT2D eigenvalue weighted by Gasteiger charge is -2.38. The zero-order valence-electron chi connectivity index (χ0n) is 37.7. The Hall–Kier alpha value is -5.24. The van der Waals surface area contributed by atoms with E-state index in [0.717, 1.165) is 5.56 Å². The molecule has 2 aliphatic rings. The molecule has 13 heteroatoms. The number of anilines is 1. The predicted octanol–water partition coefficient (Wildman–Crippen LogP) is 9.83. The summed E-state index contributed by atoms with van der Waals surface area (Å²) in [5.74, 6) is -1.85. The van der Waals surface area contributed by atoms with Crippen LogP contribution in [-0.4, -0.2) is 85.4 Å². The van der Waals surface area contributed by atoms with Crippen molar-refractivity contribution >= 4 is 29.8 Å². The van der Waals surface area contributed by atoms with Crippen molar-refractivity contribution in [3.05, 3.63) is 114 Å². The number of aliphatic hydroxyl groups is 1. The highest BCUT2D eigenvalue weighted by Gasteiger charge is 2.57. The van der Waals surface area contributed by atoms with Gasteiger partial charge in [0.1, 0.15) is 40.5 Å². The summed E-state index contributed by atoms with van der Waals surface area (Å²) >= 11 is 0. The number of nitrogens with one attached hydrogen (secondary N) is 1. The van der Waals surface area contributed by atoms with E-state index in [-0.39, 0.29) is 0 Å². The van der Waals surface area contributed by atoms with Crippen molar-refractivity contribution < 1.29 is 48.0 Å². The molecule has 6 unspecified atom stereocenters. The van der Waals surface area contributed by atoms with Crippen molar-refractivity contribution in [2.45, 2.75) is 155 Å². The first-order valence-corrected chi connectivity index (χ1v) is 20.7. The van der Waals surface area contributed by atoms with Crippen LogP contribution in [0.15, 0.2) is 97.1 Å². The summed E-state index contributed by atoms with van der Waals surface area (Å²) in [6.07, 6.45) is -2.25. The van der Waals surface area contributed by atoms with Crippen LogP contribution in [0.25, 0.3) is 0 Å². The van der Waals surface area contributed by atoms with Gasteiger partial charge in [-0.25, -0.2) is 14.4 Å². The van der Waals surface area contributed by atoms with E-state index in [2.05, 4.69) is 5.32 Å². The van der Waals surface area contributed by atoms with Crippen molar-refractivity contribution in [2.24, 2.45) is 0 Å². The van der Waals surface area contributed by atoms with Crippen LogP contribution in [0.1, 0.15) is 125 Å². The Morgan fingerprint density at radius 3 is 1.59 bits per heavy atom. The van der Waals surface area contributed by atoms with Gasteiger partial charge in [-0.05, 0) is 125 Å². The van der Waals surface area contributed by atoms with Crippen LogP contribution in [0.2, 0.25) is 0 Å². The van der Waals surface area contributed by atoms with Crippen LogP contribution >= 0.6 is 0 Å². The van der Waals surface area contributed by atoms with Gasteiger partial charge in [-0.15, -0.1) is 0 Å². The van der Waals surface area contributed by atoms with Crippen molar-refractivity contribution in [1.82, 2.24) is 9.80 Å². The molecule has 2 aliphatic heterocycles. The molecule has 2 fully saturated rings. The molecule has 13 nitrogen and oxygen atoms in total. The van der Waals surface area contributed by atoms with Gasteiger partial charge in [-0.2, -0.15) is 0 Å². The molecule has 2 saturated heterocycles. The molecular weight excluding hydrogens is 779 g/mol. The molecule has 330 valence electrons. The normalized spacial score (nSPS) is 22.4. The number of allylic oxidation sites excluding steroid dienone is 1. The smallest absolute Gasteiger partial charge is 0.413 e. The molecule has 3 amide bonds. The Morgan fingerprint density at radius 2 is 1.10 bits per heavy atom. The maximum atomic E-state index is 15.1. The van der Waals surface area contributed by atoms with E-state index >= 15 is 4.79 Å². The second kappa shape index (κ2) is 17.6. The fourth-order valence-corrected chi connectivity index (χ4v) is 7.72. The number of aliphatic hydroxyl groups excluding tert-OH is 1. The molecule has 3 aromatic rings. The van der Waals surface area contributed by atoms with E-state index in [1.54, 1.807) is 120 Å². The molecule has 2 heterocycles. The summed E-state index contributed by atoms with van der Waals surface area (Å²) in [6, 6.07) is 23.1. The van der Waals surface area contributed by atoms with Gasteiger partial charge in [0.15, 0.2) is 5.78 Å². The zero-order valence-corrected chi connectivity index (χ0v) is 37.7. The zero-order chi connectivity index (χ0) is 45.3. The molecule has 61 heavy (non-hydrogen) atoms. The molecular formula is C48H63N3O10. The first-order chi connectivity index (χ1) is 28.2. The molecule has 0 saturated carbocycles. The average Bonchev–Trinajstić information content (AvgIpc) is 3.58. The summed E-state index contributed by atoms with van der Waals surface area (Å²) in [7, 11) is 0. The lowest BCUT2D eigenvalue weighted by molar-refractivity contribution is -0.120. The molecule has 0 bridgehead atoms. The number of benzene rings is 3. The second-order valence-corrected chi connectivity index (χ2v) is 19.5. The third-order valence-electron chi connectivity index (χ3n) is 10.0. The minimum atomic E-state index is -1.59. The highest BCUT2D eigenvalue weighted by Crippen LogP contribution is 2.47. The van der Waals surface area contributed by atoms with Crippen LogP contribution in [0, 0.1) is 0 Å². The van der Waals surface area contributed by atoms with Crippen molar-refractivity contribution in [1.29, 1.82) is 0 Å². The number of hydrogen-bond donors (Lipinski definition) is 2. The maximum Gasteiger partial charge on any atom is 0.413 e. The number of nitrogens with zero attached hydrogens (tertiary/aromatic N) is 2. The van der Waals surface area contributed by atoms with Crippen LogP contribution < -0.4 is 5.32 Å². The van der Waals surface area contributed by atoms with Crippen LogP contribution in [0.5, 0.6) is 0 Å². The predicted molar refractivity (Wildman–Crippen MR) is 232 cm³/mol. The summed E-state index contributed by atoms with van der Waals surface area (Å²) in [6.45, 7) is 22.8. The van der Waals surface area contributed by atoms with E-state index in [4.69, 9.17) is 23.7 Å². The van der Waals surface area contributed by atoms with Gasteiger partial charge in [0.25, 0.3) is 0 Å². The number of carbonyl (C=O) groups excluding carboxylic acids is 4. The van der Waals surface area contributed by atoms with E-state index in [9.17, 15) is 19.5 Å². The number of ketones is 1. The van der Waals surface area contributed by atoms with Crippen LogP contribution in [0.4, 0.5) is 20.1 Å². The van der Waals surface area contributed by atoms with E-state index < -0.39 is 88.6 Å². The lowest BCUT2D eigenvalue weighted by atomic mass is 9.82.